The zero-order chi connectivity index (χ0) is 22.8. The van der Waals surface area contributed by atoms with Gasteiger partial charge in [-0.1, -0.05) is 12.1 Å². The molecule has 8 heteroatoms. The molecule has 0 unspecified atom stereocenters. The van der Waals surface area contributed by atoms with Crippen LogP contribution in [0.3, 0.4) is 0 Å². The Kier molecular flexibility index (Phi) is 5.32. The maximum absolute atomic E-state index is 12.7. The summed E-state index contributed by atoms with van der Waals surface area (Å²) in [5, 5.41) is 2.74. The predicted octanol–water partition coefficient (Wildman–Crippen LogP) is 4.06. The minimum Gasteiger partial charge on any atom is -0.497 e. The van der Waals surface area contributed by atoms with Gasteiger partial charge < -0.3 is 29.0 Å². The Hall–Kier alpha value is -4.46. The first-order valence-electron chi connectivity index (χ1n) is 10.1. The second-order valence-corrected chi connectivity index (χ2v) is 7.28. The molecule has 1 N–H and O–H groups in total. The van der Waals surface area contributed by atoms with Gasteiger partial charge in [0, 0.05) is 17.8 Å². The van der Waals surface area contributed by atoms with Crippen molar-refractivity contribution < 1.29 is 33.3 Å². The molecule has 0 aliphatic carbocycles. The summed E-state index contributed by atoms with van der Waals surface area (Å²) in [6, 6.07) is 17.3. The Morgan fingerprint density at radius 1 is 1.00 bits per heavy atom. The fourth-order valence-corrected chi connectivity index (χ4v) is 3.46. The summed E-state index contributed by atoms with van der Waals surface area (Å²) in [6.45, 7) is -0.0527. The number of rotatable bonds is 6. The molecular weight excluding hydrogens is 426 g/mol. The fourth-order valence-electron chi connectivity index (χ4n) is 3.46. The van der Waals surface area contributed by atoms with Gasteiger partial charge in [-0.25, -0.2) is 0 Å². The Balaban J connectivity index is 1.23. The molecule has 166 valence electrons. The van der Waals surface area contributed by atoms with Crippen LogP contribution in [0, 0.1) is 0 Å². The van der Waals surface area contributed by atoms with Crippen molar-refractivity contribution in [2.75, 3.05) is 25.8 Å². The van der Waals surface area contributed by atoms with Gasteiger partial charge in [0.05, 0.1) is 12.7 Å². The van der Waals surface area contributed by atoms with Crippen LogP contribution in [-0.4, -0.2) is 32.2 Å². The molecule has 8 nitrogen and oxygen atoms in total. The Labute approximate surface area is 189 Å². The molecule has 0 radical (unpaired) electrons. The third-order valence-corrected chi connectivity index (χ3v) is 5.06. The summed E-state index contributed by atoms with van der Waals surface area (Å²) in [7, 11) is 1.58. The molecule has 0 atom stereocenters. The molecule has 0 aromatic heterocycles. The van der Waals surface area contributed by atoms with Crippen molar-refractivity contribution in [3.8, 4) is 28.7 Å². The SMILES string of the molecule is COc1cccc(C=C2Oc3cc(OCC(=O)Nc4ccc5c(c4)OCO5)ccc3C2=O)c1. The van der Waals surface area contributed by atoms with Crippen molar-refractivity contribution in [2.24, 2.45) is 0 Å². The van der Waals surface area contributed by atoms with Crippen LogP contribution in [0.5, 0.6) is 28.7 Å². The quantitative estimate of drug-likeness (QED) is 0.572. The minimum atomic E-state index is -0.343. The number of fused-ring (bicyclic) bond motifs is 2. The van der Waals surface area contributed by atoms with E-state index in [1.807, 2.05) is 18.2 Å². The normalized spacial score (nSPS) is 14.6. The molecule has 0 fully saturated rings. The standard InChI is InChI=1S/C25H19NO7/c1-29-17-4-2-3-15(9-17)10-23-25(28)19-7-6-18(12-21(19)33-23)30-13-24(27)26-16-5-8-20-22(11-16)32-14-31-20/h2-12H,13-14H2,1H3,(H,26,27). The van der Waals surface area contributed by atoms with Gasteiger partial charge in [0.25, 0.3) is 5.91 Å². The number of hydrogen-bond donors (Lipinski definition) is 1. The number of carbonyl (C=O) groups is 2. The van der Waals surface area contributed by atoms with Crippen LogP contribution < -0.4 is 29.0 Å². The maximum atomic E-state index is 12.7. The van der Waals surface area contributed by atoms with Crippen LogP contribution in [0.4, 0.5) is 5.69 Å². The van der Waals surface area contributed by atoms with Gasteiger partial charge in [-0.15, -0.1) is 0 Å². The lowest BCUT2D eigenvalue weighted by Crippen LogP contribution is -2.20. The largest absolute Gasteiger partial charge is 0.497 e. The lowest BCUT2D eigenvalue weighted by atomic mass is 10.1. The maximum Gasteiger partial charge on any atom is 0.262 e. The average Bonchev–Trinajstić information content (AvgIpc) is 3.41. The number of carbonyl (C=O) groups excluding carboxylic acids is 2. The van der Waals surface area contributed by atoms with Crippen LogP contribution in [0.15, 0.2) is 66.4 Å². The molecule has 0 saturated heterocycles. The third kappa shape index (κ3) is 4.31. The van der Waals surface area contributed by atoms with E-state index < -0.39 is 0 Å². The van der Waals surface area contributed by atoms with E-state index in [1.165, 1.54) is 0 Å². The molecular formula is C25H19NO7. The first-order chi connectivity index (χ1) is 16.1. The van der Waals surface area contributed by atoms with Gasteiger partial charge in [0.1, 0.15) is 17.2 Å². The number of amides is 1. The molecule has 2 aliphatic heterocycles. The molecule has 0 saturated carbocycles. The first kappa shape index (κ1) is 20.4. The van der Waals surface area contributed by atoms with Crippen molar-refractivity contribution >= 4 is 23.5 Å². The molecule has 5 rings (SSSR count). The van der Waals surface area contributed by atoms with Gasteiger partial charge in [-0.3, -0.25) is 9.59 Å². The Morgan fingerprint density at radius 3 is 2.76 bits per heavy atom. The summed E-state index contributed by atoms with van der Waals surface area (Å²) in [4.78, 5) is 24.9. The minimum absolute atomic E-state index is 0.162. The average molecular weight is 445 g/mol. The summed E-state index contributed by atoms with van der Waals surface area (Å²) in [5.74, 6) is 2.32. The monoisotopic (exact) mass is 445 g/mol. The highest BCUT2D eigenvalue weighted by Gasteiger charge is 2.28. The molecule has 3 aromatic rings. The molecule has 3 aromatic carbocycles. The summed E-state index contributed by atoms with van der Waals surface area (Å²) < 4.78 is 27.1. The van der Waals surface area contributed by atoms with Crippen molar-refractivity contribution in [2.45, 2.75) is 0 Å². The van der Waals surface area contributed by atoms with E-state index in [1.54, 1.807) is 55.7 Å². The van der Waals surface area contributed by atoms with Crippen LogP contribution in [0.25, 0.3) is 6.08 Å². The topological polar surface area (TPSA) is 92.3 Å². The zero-order valence-electron chi connectivity index (χ0n) is 17.6. The van der Waals surface area contributed by atoms with Crippen molar-refractivity contribution in [1.29, 1.82) is 0 Å². The number of nitrogens with one attached hydrogen (secondary N) is 1. The second kappa shape index (κ2) is 8.58. The van der Waals surface area contributed by atoms with E-state index in [9.17, 15) is 9.59 Å². The number of allylic oxidation sites excluding steroid dienone is 1. The van der Waals surface area contributed by atoms with E-state index in [-0.39, 0.29) is 30.8 Å². The van der Waals surface area contributed by atoms with E-state index >= 15 is 0 Å². The highest BCUT2D eigenvalue weighted by Crippen LogP contribution is 2.36. The number of hydrogen-bond acceptors (Lipinski definition) is 7. The number of benzene rings is 3. The van der Waals surface area contributed by atoms with Crippen LogP contribution >= 0.6 is 0 Å². The van der Waals surface area contributed by atoms with Crippen LogP contribution in [0.1, 0.15) is 15.9 Å². The van der Waals surface area contributed by atoms with Gasteiger partial charge in [-0.2, -0.15) is 0 Å². The number of ether oxygens (including phenoxy) is 5. The second-order valence-electron chi connectivity index (χ2n) is 7.28. The first-order valence-corrected chi connectivity index (χ1v) is 10.1. The van der Waals surface area contributed by atoms with Gasteiger partial charge in [0.2, 0.25) is 12.6 Å². The fraction of sp³-hybridized carbons (Fsp3) is 0.120. The Bertz CT molecular complexity index is 1280. The Morgan fingerprint density at radius 2 is 1.88 bits per heavy atom. The van der Waals surface area contributed by atoms with Gasteiger partial charge in [0.15, 0.2) is 23.9 Å². The lowest BCUT2D eigenvalue weighted by molar-refractivity contribution is -0.118. The van der Waals surface area contributed by atoms with Crippen molar-refractivity contribution in [3.63, 3.8) is 0 Å². The van der Waals surface area contributed by atoms with Gasteiger partial charge >= 0.3 is 0 Å². The molecule has 1 amide bonds. The lowest BCUT2D eigenvalue weighted by Gasteiger charge is -2.09. The highest BCUT2D eigenvalue weighted by molar-refractivity contribution is 6.14. The number of Topliss-reactive ketones (excluding diaryl/α,β-unsaturated/α-hetero) is 1. The van der Waals surface area contributed by atoms with Crippen LogP contribution in [0.2, 0.25) is 0 Å². The smallest absolute Gasteiger partial charge is 0.262 e. The molecule has 2 aliphatic rings. The number of methoxy groups -OCH3 is 1. The predicted molar refractivity (Wildman–Crippen MR) is 119 cm³/mol. The van der Waals surface area contributed by atoms with E-state index in [2.05, 4.69) is 5.32 Å². The molecule has 33 heavy (non-hydrogen) atoms. The van der Waals surface area contributed by atoms with E-state index in [0.29, 0.717) is 40.0 Å². The molecule has 2 heterocycles. The van der Waals surface area contributed by atoms with Crippen molar-refractivity contribution in [3.05, 3.63) is 77.5 Å². The van der Waals surface area contributed by atoms with Crippen molar-refractivity contribution in [1.82, 2.24) is 0 Å². The third-order valence-electron chi connectivity index (χ3n) is 5.06. The summed E-state index contributed by atoms with van der Waals surface area (Å²) in [6.07, 6.45) is 1.66. The van der Waals surface area contributed by atoms with E-state index in [0.717, 1.165) is 5.56 Å². The highest BCUT2D eigenvalue weighted by atomic mass is 16.7. The summed E-state index contributed by atoms with van der Waals surface area (Å²) >= 11 is 0. The molecule has 0 spiro atoms. The summed E-state index contributed by atoms with van der Waals surface area (Å²) in [5.41, 5.74) is 1.78. The van der Waals surface area contributed by atoms with Crippen LogP contribution in [-0.2, 0) is 4.79 Å². The molecule has 0 bridgehead atoms. The van der Waals surface area contributed by atoms with Gasteiger partial charge in [-0.05, 0) is 48.0 Å². The zero-order valence-corrected chi connectivity index (χ0v) is 17.6. The number of ketones is 1. The van der Waals surface area contributed by atoms with E-state index in [4.69, 9.17) is 23.7 Å². The number of anilines is 1.